The monoisotopic (exact) mass is 440 g/mol. The summed E-state index contributed by atoms with van der Waals surface area (Å²) in [6.07, 6.45) is -1.28. The summed E-state index contributed by atoms with van der Waals surface area (Å²) in [5.74, 6) is -0.570. The first kappa shape index (κ1) is 22.1. The standard InChI is InChI=1S/C21H23F3N2O3S/c1-14(20(27)25-19-12-5-8-15-7-3-4-11-18(15)19)26(30(2,28)29)17-10-6-9-16(13-17)21(22,23)24/h3-4,6-7,9-11,13-14,19H,5,8,12H2,1-2H3,(H,25,27)/t14-,19+/m0/s1. The van der Waals surface area contributed by atoms with E-state index >= 15 is 0 Å². The second-order valence-corrected chi connectivity index (χ2v) is 9.29. The number of benzene rings is 2. The minimum Gasteiger partial charge on any atom is -0.347 e. The third-order valence-corrected chi connectivity index (χ3v) is 6.44. The highest BCUT2D eigenvalue weighted by atomic mass is 32.2. The Balaban J connectivity index is 1.89. The number of carbonyl (C=O) groups excluding carboxylic acids is 1. The van der Waals surface area contributed by atoms with Gasteiger partial charge in [0.05, 0.1) is 23.5 Å². The molecule has 0 saturated carbocycles. The summed E-state index contributed by atoms with van der Waals surface area (Å²) < 4.78 is 64.8. The predicted octanol–water partition coefficient (Wildman–Crippen LogP) is 4.05. The summed E-state index contributed by atoms with van der Waals surface area (Å²) in [6, 6.07) is 10.2. The van der Waals surface area contributed by atoms with Crippen LogP contribution in [0.25, 0.3) is 0 Å². The van der Waals surface area contributed by atoms with Crippen LogP contribution in [0.2, 0.25) is 0 Å². The first-order valence-corrected chi connectivity index (χ1v) is 11.4. The maximum Gasteiger partial charge on any atom is 0.416 e. The topological polar surface area (TPSA) is 66.5 Å². The molecule has 0 spiro atoms. The van der Waals surface area contributed by atoms with Crippen molar-refractivity contribution in [3.05, 3.63) is 65.2 Å². The third kappa shape index (κ3) is 4.77. The summed E-state index contributed by atoms with van der Waals surface area (Å²) >= 11 is 0. The fourth-order valence-corrected chi connectivity index (χ4v) is 4.99. The summed E-state index contributed by atoms with van der Waals surface area (Å²) in [5.41, 5.74) is 0.912. The Morgan fingerprint density at radius 3 is 2.53 bits per heavy atom. The van der Waals surface area contributed by atoms with Crippen LogP contribution in [-0.2, 0) is 27.4 Å². The van der Waals surface area contributed by atoms with Gasteiger partial charge in [-0.3, -0.25) is 9.10 Å². The molecule has 1 aliphatic rings. The maximum atomic E-state index is 13.1. The Hall–Kier alpha value is -2.55. The molecule has 0 aromatic heterocycles. The van der Waals surface area contributed by atoms with Gasteiger partial charge >= 0.3 is 6.18 Å². The fraction of sp³-hybridized carbons (Fsp3) is 0.381. The SMILES string of the molecule is C[C@@H](C(=O)N[C@@H]1CCCc2ccccc21)N(c1cccc(C(F)(F)F)c1)S(C)(=O)=O. The van der Waals surface area contributed by atoms with Crippen LogP contribution < -0.4 is 9.62 Å². The van der Waals surface area contributed by atoms with E-state index in [9.17, 15) is 26.4 Å². The van der Waals surface area contributed by atoms with E-state index in [0.29, 0.717) is 6.42 Å². The van der Waals surface area contributed by atoms with Crippen molar-refractivity contribution >= 4 is 21.6 Å². The molecule has 1 amide bonds. The molecule has 0 aliphatic heterocycles. The van der Waals surface area contributed by atoms with Gasteiger partial charge in [0.2, 0.25) is 15.9 Å². The van der Waals surface area contributed by atoms with E-state index in [1.165, 1.54) is 13.0 Å². The number of amides is 1. The van der Waals surface area contributed by atoms with Crippen molar-refractivity contribution in [3.8, 4) is 0 Å². The lowest BCUT2D eigenvalue weighted by molar-refractivity contribution is -0.137. The quantitative estimate of drug-likeness (QED) is 0.763. The lowest BCUT2D eigenvalue weighted by atomic mass is 9.87. The number of rotatable bonds is 5. The predicted molar refractivity (Wildman–Crippen MR) is 108 cm³/mol. The molecular formula is C21H23F3N2O3S. The van der Waals surface area contributed by atoms with Crippen LogP contribution in [0, 0.1) is 0 Å². The Bertz CT molecular complexity index is 1040. The number of sulfonamides is 1. The number of anilines is 1. The summed E-state index contributed by atoms with van der Waals surface area (Å²) in [5, 5.41) is 2.87. The summed E-state index contributed by atoms with van der Waals surface area (Å²) in [4.78, 5) is 12.9. The van der Waals surface area contributed by atoms with Gasteiger partial charge in [0, 0.05) is 0 Å². The largest absolute Gasteiger partial charge is 0.416 e. The first-order chi connectivity index (χ1) is 14.0. The second kappa shape index (κ2) is 8.29. The van der Waals surface area contributed by atoms with E-state index in [-0.39, 0.29) is 11.7 Å². The van der Waals surface area contributed by atoms with Crippen molar-refractivity contribution in [1.82, 2.24) is 5.32 Å². The van der Waals surface area contributed by atoms with Crippen LogP contribution in [0.15, 0.2) is 48.5 Å². The van der Waals surface area contributed by atoms with Gasteiger partial charge in [-0.1, -0.05) is 30.3 Å². The lowest BCUT2D eigenvalue weighted by Gasteiger charge is -2.32. The molecular weight excluding hydrogens is 417 g/mol. The van der Waals surface area contributed by atoms with Crippen LogP contribution in [0.4, 0.5) is 18.9 Å². The number of halogens is 3. The Kier molecular flexibility index (Phi) is 6.12. The van der Waals surface area contributed by atoms with Crippen molar-refractivity contribution in [2.45, 2.75) is 44.4 Å². The van der Waals surface area contributed by atoms with Gasteiger partial charge in [-0.2, -0.15) is 13.2 Å². The Morgan fingerprint density at radius 1 is 1.17 bits per heavy atom. The van der Waals surface area contributed by atoms with Crippen LogP contribution in [0.3, 0.4) is 0 Å². The van der Waals surface area contributed by atoms with Crippen molar-refractivity contribution in [2.75, 3.05) is 10.6 Å². The summed E-state index contributed by atoms with van der Waals surface area (Å²) in [7, 11) is -4.02. The minimum atomic E-state index is -4.63. The molecule has 162 valence electrons. The molecule has 9 heteroatoms. The lowest BCUT2D eigenvalue weighted by Crippen LogP contribution is -2.49. The number of alkyl halides is 3. The molecule has 1 aliphatic carbocycles. The smallest absolute Gasteiger partial charge is 0.347 e. The minimum absolute atomic E-state index is 0.209. The molecule has 30 heavy (non-hydrogen) atoms. The van der Waals surface area contributed by atoms with E-state index in [0.717, 1.165) is 52.7 Å². The maximum absolute atomic E-state index is 13.1. The highest BCUT2D eigenvalue weighted by molar-refractivity contribution is 7.92. The van der Waals surface area contributed by atoms with Crippen molar-refractivity contribution in [2.24, 2.45) is 0 Å². The van der Waals surface area contributed by atoms with E-state index in [4.69, 9.17) is 0 Å². The number of fused-ring (bicyclic) bond motifs is 1. The van der Waals surface area contributed by atoms with Crippen molar-refractivity contribution < 1.29 is 26.4 Å². The number of carbonyl (C=O) groups is 1. The zero-order chi connectivity index (χ0) is 22.1. The molecule has 0 bridgehead atoms. The number of aryl methyl sites for hydroxylation is 1. The van der Waals surface area contributed by atoms with Gasteiger partial charge in [-0.25, -0.2) is 8.42 Å². The molecule has 5 nitrogen and oxygen atoms in total. The number of hydrogen-bond donors (Lipinski definition) is 1. The van der Waals surface area contributed by atoms with E-state index in [2.05, 4.69) is 5.32 Å². The molecule has 2 atom stereocenters. The zero-order valence-corrected chi connectivity index (χ0v) is 17.4. The highest BCUT2D eigenvalue weighted by Gasteiger charge is 2.35. The van der Waals surface area contributed by atoms with Crippen LogP contribution in [-0.4, -0.2) is 26.6 Å². The Morgan fingerprint density at radius 2 is 1.87 bits per heavy atom. The number of nitrogens with zero attached hydrogens (tertiary/aromatic N) is 1. The average Bonchev–Trinajstić information content (AvgIpc) is 2.67. The molecule has 3 rings (SSSR count). The van der Waals surface area contributed by atoms with E-state index in [1.807, 2.05) is 24.3 Å². The summed E-state index contributed by atoms with van der Waals surface area (Å²) in [6.45, 7) is 1.37. The molecule has 2 aromatic rings. The normalized spacial score (nSPS) is 17.7. The Labute approximate surface area is 173 Å². The highest BCUT2D eigenvalue weighted by Crippen LogP contribution is 2.33. The van der Waals surface area contributed by atoms with Crippen molar-refractivity contribution in [3.63, 3.8) is 0 Å². The van der Waals surface area contributed by atoms with Crippen LogP contribution in [0.1, 0.15) is 42.5 Å². The van der Waals surface area contributed by atoms with Gasteiger partial charge in [0.1, 0.15) is 6.04 Å². The van der Waals surface area contributed by atoms with Gasteiger partial charge in [-0.05, 0) is 55.5 Å². The van der Waals surface area contributed by atoms with Gasteiger partial charge in [-0.15, -0.1) is 0 Å². The molecule has 0 unspecified atom stereocenters. The number of hydrogen-bond acceptors (Lipinski definition) is 3. The molecule has 0 fully saturated rings. The van der Waals surface area contributed by atoms with Crippen LogP contribution in [0.5, 0.6) is 0 Å². The molecule has 2 aromatic carbocycles. The van der Waals surface area contributed by atoms with Crippen LogP contribution >= 0.6 is 0 Å². The fourth-order valence-electron chi connectivity index (χ4n) is 3.82. The van der Waals surface area contributed by atoms with Gasteiger partial charge in [0.25, 0.3) is 0 Å². The third-order valence-electron chi connectivity index (χ3n) is 5.20. The molecule has 0 radical (unpaired) electrons. The number of nitrogens with one attached hydrogen (secondary N) is 1. The van der Waals surface area contributed by atoms with Gasteiger partial charge in [0.15, 0.2) is 0 Å². The van der Waals surface area contributed by atoms with Crippen molar-refractivity contribution in [1.29, 1.82) is 0 Å². The van der Waals surface area contributed by atoms with E-state index < -0.39 is 33.7 Å². The molecule has 1 N–H and O–H groups in total. The van der Waals surface area contributed by atoms with Gasteiger partial charge < -0.3 is 5.32 Å². The second-order valence-electron chi connectivity index (χ2n) is 7.44. The van der Waals surface area contributed by atoms with E-state index in [1.54, 1.807) is 0 Å². The zero-order valence-electron chi connectivity index (χ0n) is 16.6. The molecule has 0 heterocycles. The first-order valence-electron chi connectivity index (χ1n) is 9.53. The average molecular weight is 440 g/mol. The molecule has 0 saturated heterocycles.